The van der Waals surface area contributed by atoms with Crippen molar-refractivity contribution in [2.45, 2.75) is 12.5 Å². The van der Waals surface area contributed by atoms with Crippen LogP contribution in [0.1, 0.15) is 28.4 Å². The fourth-order valence-corrected chi connectivity index (χ4v) is 3.34. The molecule has 3 rings (SSSR count). The first-order valence-corrected chi connectivity index (χ1v) is 8.85. The number of nitro benzene ring substituents is 1. The zero-order valence-corrected chi connectivity index (χ0v) is 15.9. The third kappa shape index (κ3) is 3.65. The Labute approximate surface area is 159 Å². The summed E-state index contributed by atoms with van der Waals surface area (Å²) in [6, 6.07) is 9.72. The number of ether oxygens (including phenoxy) is 1. The molecule has 1 aliphatic heterocycles. The van der Waals surface area contributed by atoms with Gasteiger partial charge in [-0.3, -0.25) is 14.9 Å². The second kappa shape index (κ2) is 7.33. The number of nitrogens with zero attached hydrogens (tertiary/aromatic N) is 2. The van der Waals surface area contributed by atoms with Crippen molar-refractivity contribution in [2.75, 3.05) is 25.6 Å². The molecular formula is C18H18BrN3O4. The van der Waals surface area contributed by atoms with E-state index >= 15 is 0 Å². The van der Waals surface area contributed by atoms with Gasteiger partial charge >= 0.3 is 0 Å². The number of nitrogens with one attached hydrogen (secondary N) is 1. The zero-order chi connectivity index (χ0) is 18.8. The molecule has 2 aromatic carbocycles. The molecule has 7 nitrogen and oxygen atoms in total. The second-order valence-electron chi connectivity index (χ2n) is 6.20. The molecule has 1 unspecified atom stereocenters. The number of amides is 1. The molecule has 1 N–H and O–H groups in total. The van der Waals surface area contributed by atoms with Gasteiger partial charge in [0.15, 0.2) is 0 Å². The highest BCUT2D eigenvalue weighted by Gasteiger charge is 2.26. The summed E-state index contributed by atoms with van der Waals surface area (Å²) in [6.45, 7) is 0.495. The van der Waals surface area contributed by atoms with Crippen LogP contribution in [-0.2, 0) is 0 Å². The molecule has 26 heavy (non-hydrogen) atoms. The van der Waals surface area contributed by atoms with Gasteiger partial charge in [-0.05, 0) is 24.3 Å². The Morgan fingerprint density at radius 3 is 2.77 bits per heavy atom. The number of anilines is 1. The van der Waals surface area contributed by atoms with Gasteiger partial charge in [0.1, 0.15) is 5.75 Å². The smallest absolute Gasteiger partial charge is 0.270 e. The van der Waals surface area contributed by atoms with Gasteiger partial charge in [-0.25, -0.2) is 0 Å². The highest BCUT2D eigenvalue weighted by Crippen LogP contribution is 2.34. The Kier molecular flexibility index (Phi) is 5.13. The minimum atomic E-state index is -0.503. The first-order valence-electron chi connectivity index (χ1n) is 8.05. The number of rotatable bonds is 4. The first-order chi connectivity index (χ1) is 12.4. The summed E-state index contributed by atoms with van der Waals surface area (Å²) in [7, 11) is 3.58. The molecule has 0 fully saturated rings. The number of hydrogen-bond acceptors (Lipinski definition) is 5. The van der Waals surface area contributed by atoms with Crippen LogP contribution in [-0.4, -0.2) is 31.5 Å². The molecule has 136 valence electrons. The number of hydrogen-bond donors (Lipinski definition) is 1. The zero-order valence-electron chi connectivity index (χ0n) is 14.4. The van der Waals surface area contributed by atoms with Crippen molar-refractivity contribution >= 4 is 33.2 Å². The van der Waals surface area contributed by atoms with E-state index < -0.39 is 4.92 Å². The molecule has 0 aliphatic carbocycles. The SMILES string of the molecule is CN(C)c1ccc([N+](=O)[O-])cc1C(=O)NC1CCOc2ccc(Br)cc21. The number of fused-ring (bicyclic) bond motifs is 1. The molecule has 1 heterocycles. The van der Waals surface area contributed by atoms with Gasteiger partial charge in [-0.2, -0.15) is 0 Å². The van der Waals surface area contributed by atoms with Crippen LogP contribution < -0.4 is 15.0 Å². The van der Waals surface area contributed by atoms with E-state index in [4.69, 9.17) is 4.74 Å². The molecule has 1 aliphatic rings. The summed E-state index contributed by atoms with van der Waals surface area (Å²) in [5.74, 6) is 0.381. The summed E-state index contributed by atoms with van der Waals surface area (Å²) in [5, 5.41) is 14.1. The van der Waals surface area contributed by atoms with Gasteiger partial charge in [0.05, 0.1) is 23.1 Å². The molecule has 0 bridgehead atoms. The number of halogens is 1. The maximum absolute atomic E-state index is 12.9. The van der Waals surface area contributed by atoms with E-state index in [0.29, 0.717) is 18.7 Å². The molecule has 2 aromatic rings. The van der Waals surface area contributed by atoms with Gasteiger partial charge < -0.3 is 15.0 Å². The van der Waals surface area contributed by atoms with Crippen molar-refractivity contribution in [1.82, 2.24) is 5.32 Å². The lowest BCUT2D eigenvalue weighted by atomic mass is 10.00. The quantitative estimate of drug-likeness (QED) is 0.603. The van der Waals surface area contributed by atoms with E-state index in [1.807, 2.05) is 18.2 Å². The predicted octanol–water partition coefficient (Wildman–Crippen LogP) is 3.68. The molecule has 8 heteroatoms. The van der Waals surface area contributed by atoms with Crippen LogP contribution in [0.15, 0.2) is 40.9 Å². The highest BCUT2D eigenvalue weighted by molar-refractivity contribution is 9.10. The lowest BCUT2D eigenvalue weighted by Crippen LogP contribution is -2.33. The normalized spacial score (nSPS) is 15.6. The number of non-ortho nitro benzene ring substituents is 1. The Morgan fingerprint density at radius 1 is 1.31 bits per heavy atom. The summed E-state index contributed by atoms with van der Waals surface area (Å²) < 4.78 is 6.53. The average molecular weight is 420 g/mol. The first kappa shape index (κ1) is 18.2. The van der Waals surface area contributed by atoms with E-state index in [1.54, 1.807) is 25.1 Å². The van der Waals surface area contributed by atoms with Crippen molar-refractivity contribution in [3.63, 3.8) is 0 Å². The van der Waals surface area contributed by atoms with E-state index in [-0.39, 0.29) is 23.2 Å². The lowest BCUT2D eigenvalue weighted by Gasteiger charge is -2.27. The van der Waals surface area contributed by atoms with Gasteiger partial charge in [0.25, 0.3) is 11.6 Å². The maximum atomic E-state index is 12.9. The molecule has 1 amide bonds. The van der Waals surface area contributed by atoms with E-state index in [2.05, 4.69) is 21.2 Å². The van der Waals surface area contributed by atoms with Crippen LogP contribution in [0.2, 0.25) is 0 Å². The molecule has 0 radical (unpaired) electrons. The summed E-state index contributed by atoms with van der Waals surface area (Å²) in [5.41, 5.74) is 1.66. The van der Waals surface area contributed by atoms with E-state index in [1.165, 1.54) is 12.1 Å². The van der Waals surface area contributed by atoms with Gasteiger partial charge in [-0.15, -0.1) is 0 Å². The van der Waals surface area contributed by atoms with Crippen LogP contribution in [0, 0.1) is 10.1 Å². The average Bonchev–Trinajstić information content (AvgIpc) is 2.61. The standard InChI is InChI=1S/C18H18BrN3O4/c1-21(2)16-5-4-12(22(24)25)10-14(16)18(23)20-15-7-8-26-17-6-3-11(19)9-13(15)17/h3-6,9-10,15H,7-8H2,1-2H3,(H,20,23). The fraction of sp³-hybridized carbons (Fsp3) is 0.278. The summed E-state index contributed by atoms with van der Waals surface area (Å²) >= 11 is 3.44. The topological polar surface area (TPSA) is 84.7 Å². The van der Waals surface area contributed by atoms with Crippen LogP contribution in [0.3, 0.4) is 0 Å². The van der Waals surface area contributed by atoms with Crippen LogP contribution >= 0.6 is 15.9 Å². The minimum absolute atomic E-state index is 0.115. The third-order valence-corrected chi connectivity index (χ3v) is 4.73. The number of benzene rings is 2. The molecule has 1 atom stereocenters. The predicted molar refractivity (Wildman–Crippen MR) is 102 cm³/mol. The summed E-state index contributed by atoms with van der Waals surface area (Å²) in [4.78, 5) is 25.2. The van der Waals surface area contributed by atoms with E-state index in [0.717, 1.165) is 15.8 Å². The Balaban J connectivity index is 1.93. The third-order valence-electron chi connectivity index (χ3n) is 4.23. The second-order valence-corrected chi connectivity index (χ2v) is 7.11. The Bertz CT molecular complexity index is 870. The lowest BCUT2D eigenvalue weighted by molar-refractivity contribution is -0.384. The number of carbonyl (C=O) groups is 1. The summed E-state index contributed by atoms with van der Waals surface area (Å²) in [6.07, 6.45) is 0.626. The minimum Gasteiger partial charge on any atom is -0.493 e. The fourth-order valence-electron chi connectivity index (χ4n) is 2.96. The van der Waals surface area contributed by atoms with Gasteiger partial charge in [0, 0.05) is 48.4 Å². The Morgan fingerprint density at radius 2 is 2.08 bits per heavy atom. The van der Waals surface area contributed by atoms with Crippen molar-refractivity contribution in [3.05, 3.63) is 62.1 Å². The molecule has 0 saturated carbocycles. The van der Waals surface area contributed by atoms with E-state index in [9.17, 15) is 14.9 Å². The van der Waals surface area contributed by atoms with Crippen LogP contribution in [0.25, 0.3) is 0 Å². The molecule has 0 spiro atoms. The largest absolute Gasteiger partial charge is 0.493 e. The monoisotopic (exact) mass is 419 g/mol. The van der Waals surface area contributed by atoms with Gasteiger partial charge in [-0.1, -0.05) is 15.9 Å². The van der Waals surface area contributed by atoms with Crippen LogP contribution in [0.5, 0.6) is 5.75 Å². The van der Waals surface area contributed by atoms with Crippen LogP contribution in [0.4, 0.5) is 11.4 Å². The Hall–Kier alpha value is -2.61. The van der Waals surface area contributed by atoms with Crippen molar-refractivity contribution in [1.29, 1.82) is 0 Å². The molecule has 0 aromatic heterocycles. The maximum Gasteiger partial charge on any atom is 0.270 e. The van der Waals surface area contributed by atoms with Crippen molar-refractivity contribution in [2.24, 2.45) is 0 Å². The number of nitro groups is 1. The molecule has 0 saturated heterocycles. The van der Waals surface area contributed by atoms with Crippen molar-refractivity contribution < 1.29 is 14.5 Å². The van der Waals surface area contributed by atoms with Gasteiger partial charge in [0.2, 0.25) is 0 Å². The highest BCUT2D eigenvalue weighted by atomic mass is 79.9. The number of carbonyl (C=O) groups excluding carboxylic acids is 1. The van der Waals surface area contributed by atoms with Crippen molar-refractivity contribution in [3.8, 4) is 5.75 Å². The molecular weight excluding hydrogens is 402 g/mol.